The summed E-state index contributed by atoms with van der Waals surface area (Å²) in [5.74, 6) is 1.56. The Morgan fingerprint density at radius 1 is 0.645 bits per heavy atom. The normalized spacial score (nSPS) is 15.4. The molecule has 4 nitrogen and oxygen atoms in total. The standard InChI is InChI=1S/C27H20N2O2/c28-26-29-27(17-30-26)22-15-20(18-7-3-1-4-8-18)11-13-24(22)31-25-14-12-21(16-23(25)27)19-9-5-2-6-10-19/h1-16H,17H2,(H2,28,29). The number of aliphatic imine (C=N–C) groups is 1. The zero-order valence-electron chi connectivity index (χ0n) is 16.8. The first-order valence-corrected chi connectivity index (χ1v) is 10.3. The molecule has 150 valence electrons. The van der Waals surface area contributed by atoms with Crippen molar-refractivity contribution in [2.24, 2.45) is 10.7 Å². The van der Waals surface area contributed by atoms with Crippen molar-refractivity contribution in [3.05, 3.63) is 108 Å². The minimum atomic E-state index is -0.734. The number of amidine groups is 1. The molecule has 0 atom stereocenters. The van der Waals surface area contributed by atoms with Crippen molar-refractivity contribution in [1.82, 2.24) is 0 Å². The highest BCUT2D eigenvalue weighted by Gasteiger charge is 2.47. The number of fused-ring (bicyclic) bond motifs is 4. The van der Waals surface area contributed by atoms with Gasteiger partial charge in [0, 0.05) is 11.1 Å². The lowest BCUT2D eigenvalue weighted by Gasteiger charge is -2.34. The summed E-state index contributed by atoms with van der Waals surface area (Å²) in [5, 5.41) is 0. The van der Waals surface area contributed by atoms with Gasteiger partial charge in [0.15, 0.2) is 5.54 Å². The molecule has 0 aromatic heterocycles. The summed E-state index contributed by atoms with van der Waals surface area (Å²) in [5.41, 5.74) is 11.7. The van der Waals surface area contributed by atoms with E-state index in [9.17, 15) is 0 Å². The van der Waals surface area contributed by atoms with E-state index < -0.39 is 5.54 Å². The largest absolute Gasteiger partial charge is 0.462 e. The van der Waals surface area contributed by atoms with E-state index in [-0.39, 0.29) is 6.02 Å². The van der Waals surface area contributed by atoms with Crippen LogP contribution in [0.4, 0.5) is 0 Å². The lowest BCUT2D eigenvalue weighted by molar-refractivity contribution is 0.264. The number of hydrogen-bond donors (Lipinski definition) is 1. The quantitative estimate of drug-likeness (QED) is 0.465. The van der Waals surface area contributed by atoms with Gasteiger partial charge in [-0.3, -0.25) is 0 Å². The third-order valence-corrected chi connectivity index (χ3v) is 6.01. The highest BCUT2D eigenvalue weighted by Crippen LogP contribution is 2.52. The third kappa shape index (κ3) is 2.80. The Kier molecular flexibility index (Phi) is 3.87. The van der Waals surface area contributed by atoms with Crippen LogP contribution in [0.25, 0.3) is 22.3 Å². The van der Waals surface area contributed by atoms with E-state index in [4.69, 9.17) is 20.2 Å². The van der Waals surface area contributed by atoms with Crippen LogP contribution in [0.1, 0.15) is 11.1 Å². The van der Waals surface area contributed by atoms with E-state index in [0.29, 0.717) is 6.61 Å². The predicted octanol–water partition coefficient (Wildman–Crippen LogP) is 5.71. The van der Waals surface area contributed by atoms with Gasteiger partial charge in [0.05, 0.1) is 0 Å². The SMILES string of the molecule is NC1=NC2(CO1)c1cc(-c3ccccc3)ccc1Oc1ccc(-c3ccccc3)cc12. The molecule has 6 rings (SSSR count). The van der Waals surface area contributed by atoms with E-state index in [0.717, 1.165) is 44.9 Å². The first-order chi connectivity index (χ1) is 15.2. The van der Waals surface area contributed by atoms with Crippen LogP contribution in [-0.2, 0) is 10.3 Å². The zero-order valence-corrected chi connectivity index (χ0v) is 16.8. The number of nitrogens with zero attached hydrogens (tertiary/aromatic N) is 1. The Hall–Kier alpha value is -4.05. The van der Waals surface area contributed by atoms with Gasteiger partial charge in [-0.25, -0.2) is 4.99 Å². The Balaban J connectivity index is 1.56. The van der Waals surface area contributed by atoms with Gasteiger partial charge in [0.25, 0.3) is 6.02 Å². The Bertz CT molecular complexity index is 1220. The molecular weight excluding hydrogens is 384 g/mol. The van der Waals surface area contributed by atoms with Gasteiger partial charge in [-0.15, -0.1) is 0 Å². The topological polar surface area (TPSA) is 56.8 Å². The maximum atomic E-state index is 6.32. The predicted molar refractivity (Wildman–Crippen MR) is 122 cm³/mol. The molecule has 0 radical (unpaired) electrons. The molecule has 2 aliphatic rings. The summed E-state index contributed by atoms with van der Waals surface area (Å²) in [6.45, 7) is 0.346. The lowest BCUT2D eigenvalue weighted by atomic mass is 9.79. The van der Waals surface area contributed by atoms with Crippen LogP contribution in [0.3, 0.4) is 0 Å². The molecule has 31 heavy (non-hydrogen) atoms. The summed E-state index contributed by atoms with van der Waals surface area (Å²) < 4.78 is 12.0. The molecule has 4 aromatic carbocycles. The fraction of sp³-hybridized carbons (Fsp3) is 0.0741. The van der Waals surface area contributed by atoms with E-state index in [1.54, 1.807) is 0 Å². The summed E-state index contributed by atoms with van der Waals surface area (Å²) in [7, 11) is 0. The average Bonchev–Trinajstić information content (AvgIpc) is 3.22. The van der Waals surface area contributed by atoms with Gasteiger partial charge in [-0.2, -0.15) is 0 Å². The smallest absolute Gasteiger partial charge is 0.283 e. The molecule has 0 unspecified atom stereocenters. The average molecular weight is 404 g/mol. The molecule has 0 aliphatic carbocycles. The Morgan fingerprint density at radius 2 is 1.16 bits per heavy atom. The van der Waals surface area contributed by atoms with Crippen LogP contribution in [0.15, 0.2) is 102 Å². The third-order valence-electron chi connectivity index (χ3n) is 6.01. The number of benzene rings is 4. The number of ether oxygens (including phenoxy) is 2. The van der Waals surface area contributed by atoms with Gasteiger partial charge in [-0.05, 0) is 46.5 Å². The van der Waals surface area contributed by atoms with Gasteiger partial charge >= 0.3 is 0 Å². The molecule has 0 fully saturated rings. The van der Waals surface area contributed by atoms with Gasteiger partial charge < -0.3 is 15.2 Å². The van der Waals surface area contributed by atoms with Gasteiger partial charge in [0.2, 0.25) is 0 Å². The van der Waals surface area contributed by atoms with Crippen LogP contribution < -0.4 is 10.5 Å². The summed E-state index contributed by atoms with van der Waals surface area (Å²) >= 11 is 0. The molecule has 0 saturated carbocycles. The maximum absolute atomic E-state index is 6.32. The molecule has 2 heterocycles. The van der Waals surface area contributed by atoms with Crippen molar-refractivity contribution in [3.8, 4) is 33.8 Å². The summed E-state index contributed by atoms with van der Waals surface area (Å²) in [6, 6.07) is 33.3. The molecule has 4 heteroatoms. The summed E-state index contributed by atoms with van der Waals surface area (Å²) in [4.78, 5) is 4.82. The molecule has 0 saturated heterocycles. The first-order valence-electron chi connectivity index (χ1n) is 10.3. The van der Waals surface area contributed by atoms with E-state index in [2.05, 4.69) is 48.5 Å². The second-order valence-electron chi connectivity index (χ2n) is 7.85. The molecule has 4 aromatic rings. The lowest BCUT2D eigenvalue weighted by Crippen LogP contribution is -2.31. The van der Waals surface area contributed by atoms with Crippen molar-refractivity contribution in [2.75, 3.05) is 6.61 Å². The summed E-state index contributed by atoms with van der Waals surface area (Å²) in [6.07, 6.45) is 0. The molecule has 0 amide bonds. The van der Waals surface area contributed by atoms with E-state index in [1.165, 1.54) is 0 Å². The second kappa shape index (κ2) is 6.74. The van der Waals surface area contributed by atoms with Crippen LogP contribution >= 0.6 is 0 Å². The molecular formula is C27H20N2O2. The van der Waals surface area contributed by atoms with E-state index >= 15 is 0 Å². The van der Waals surface area contributed by atoms with Crippen molar-refractivity contribution < 1.29 is 9.47 Å². The Morgan fingerprint density at radius 3 is 1.61 bits per heavy atom. The number of rotatable bonds is 2. The van der Waals surface area contributed by atoms with Crippen molar-refractivity contribution in [2.45, 2.75) is 5.54 Å². The molecule has 2 N–H and O–H groups in total. The monoisotopic (exact) mass is 404 g/mol. The van der Waals surface area contributed by atoms with Gasteiger partial charge in [-0.1, -0.05) is 72.8 Å². The van der Waals surface area contributed by atoms with Crippen LogP contribution in [0.5, 0.6) is 11.5 Å². The maximum Gasteiger partial charge on any atom is 0.283 e. The zero-order chi connectivity index (χ0) is 20.8. The first kappa shape index (κ1) is 17.8. The van der Waals surface area contributed by atoms with E-state index in [1.807, 2.05) is 48.5 Å². The van der Waals surface area contributed by atoms with Crippen molar-refractivity contribution in [3.63, 3.8) is 0 Å². The minimum absolute atomic E-state index is 0.203. The Labute approximate surface area is 180 Å². The van der Waals surface area contributed by atoms with Crippen LogP contribution in [0, 0.1) is 0 Å². The van der Waals surface area contributed by atoms with Crippen molar-refractivity contribution >= 4 is 6.02 Å². The van der Waals surface area contributed by atoms with Gasteiger partial charge in [0.1, 0.15) is 18.1 Å². The molecule has 0 bridgehead atoms. The fourth-order valence-electron chi connectivity index (χ4n) is 4.48. The minimum Gasteiger partial charge on any atom is -0.462 e. The number of hydrogen-bond acceptors (Lipinski definition) is 4. The van der Waals surface area contributed by atoms with Crippen LogP contribution in [0.2, 0.25) is 0 Å². The van der Waals surface area contributed by atoms with Crippen LogP contribution in [-0.4, -0.2) is 12.6 Å². The highest BCUT2D eigenvalue weighted by molar-refractivity contribution is 5.79. The fourth-order valence-corrected chi connectivity index (χ4v) is 4.48. The molecule has 1 spiro atoms. The number of nitrogens with two attached hydrogens (primary N) is 1. The molecule has 2 aliphatic heterocycles. The van der Waals surface area contributed by atoms with Crippen molar-refractivity contribution in [1.29, 1.82) is 0 Å². The second-order valence-corrected chi connectivity index (χ2v) is 7.85. The highest BCUT2D eigenvalue weighted by atomic mass is 16.5.